The molecule has 0 aromatic heterocycles. The van der Waals surface area contributed by atoms with Gasteiger partial charge in [-0.05, 0) is 33.4 Å². The molecule has 1 saturated heterocycles. The highest BCUT2D eigenvalue weighted by molar-refractivity contribution is 4.81. The summed E-state index contributed by atoms with van der Waals surface area (Å²) in [6.45, 7) is 8.01. The van der Waals surface area contributed by atoms with E-state index in [0.717, 1.165) is 12.1 Å². The monoisotopic (exact) mass is 170 g/mol. The standard InChI is InChI=1S/C10H22N2/c1-8(2)11-10-5-6-12(4)9(3)7-10/h8-11H,5-7H2,1-4H3. The molecule has 0 aromatic rings. The second-order valence-electron chi connectivity index (χ2n) is 4.37. The Labute approximate surface area is 76.3 Å². The maximum Gasteiger partial charge on any atom is 0.00963 e. The summed E-state index contributed by atoms with van der Waals surface area (Å²) >= 11 is 0. The molecule has 0 spiro atoms. The lowest BCUT2D eigenvalue weighted by molar-refractivity contribution is 0.164. The van der Waals surface area contributed by atoms with Crippen LogP contribution in [0, 0.1) is 0 Å². The number of nitrogens with zero attached hydrogens (tertiary/aromatic N) is 1. The van der Waals surface area contributed by atoms with Crippen LogP contribution < -0.4 is 5.32 Å². The lowest BCUT2D eigenvalue weighted by Crippen LogP contribution is -2.47. The summed E-state index contributed by atoms with van der Waals surface area (Å²) in [5.41, 5.74) is 0. The molecular weight excluding hydrogens is 148 g/mol. The number of piperidine rings is 1. The molecule has 2 heteroatoms. The highest BCUT2D eigenvalue weighted by Gasteiger charge is 2.22. The average Bonchev–Trinajstić information content (AvgIpc) is 1.96. The van der Waals surface area contributed by atoms with Crippen LogP contribution in [-0.4, -0.2) is 36.6 Å². The summed E-state index contributed by atoms with van der Waals surface area (Å²) in [5.74, 6) is 0. The van der Waals surface area contributed by atoms with E-state index in [0.29, 0.717) is 6.04 Å². The number of hydrogen-bond donors (Lipinski definition) is 1. The third-order valence-electron chi connectivity index (χ3n) is 2.78. The van der Waals surface area contributed by atoms with E-state index in [2.05, 4.69) is 38.0 Å². The Hall–Kier alpha value is -0.0800. The van der Waals surface area contributed by atoms with Gasteiger partial charge in [0.05, 0.1) is 0 Å². The third-order valence-corrected chi connectivity index (χ3v) is 2.78. The van der Waals surface area contributed by atoms with Gasteiger partial charge < -0.3 is 10.2 Å². The molecule has 1 rings (SSSR count). The van der Waals surface area contributed by atoms with E-state index in [9.17, 15) is 0 Å². The minimum Gasteiger partial charge on any atom is -0.312 e. The maximum absolute atomic E-state index is 3.61. The first-order valence-corrected chi connectivity index (χ1v) is 5.06. The fraction of sp³-hybridized carbons (Fsp3) is 1.00. The van der Waals surface area contributed by atoms with E-state index in [-0.39, 0.29) is 0 Å². The summed E-state index contributed by atoms with van der Waals surface area (Å²) in [4.78, 5) is 2.44. The Balaban J connectivity index is 2.30. The summed E-state index contributed by atoms with van der Waals surface area (Å²) in [6.07, 6.45) is 2.60. The van der Waals surface area contributed by atoms with E-state index in [1.165, 1.54) is 19.4 Å². The quantitative estimate of drug-likeness (QED) is 0.675. The van der Waals surface area contributed by atoms with Gasteiger partial charge in [0.2, 0.25) is 0 Å². The molecule has 1 heterocycles. The van der Waals surface area contributed by atoms with Gasteiger partial charge in [-0.15, -0.1) is 0 Å². The van der Waals surface area contributed by atoms with Crippen LogP contribution in [-0.2, 0) is 0 Å². The molecule has 0 amide bonds. The first-order chi connectivity index (χ1) is 5.59. The second kappa shape index (κ2) is 4.24. The average molecular weight is 170 g/mol. The van der Waals surface area contributed by atoms with Crippen molar-refractivity contribution in [3.05, 3.63) is 0 Å². The van der Waals surface area contributed by atoms with Gasteiger partial charge >= 0.3 is 0 Å². The van der Waals surface area contributed by atoms with Crippen molar-refractivity contribution in [2.24, 2.45) is 0 Å². The van der Waals surface area contributed by atoms with Crippen LogP contribution in [0.25, 0.3) is 0 Å². The summed E-state index contributed by atoms with van der Waals surface area (Å²) in [5, 5.41) is 3.61. The van der Waals surface area contributed by atoms with Crippen LogP contribution >= 0.6 is 0 Å². The van der Waals surface area contributed by atoms with Crippen molar-refractivity contribution in [2.45, 2.75) is 51.7 Å². The van der Waals surface area contributed by atoms with Gasteiger partial charge in [-0.2, -0.15) is 0 Å². The van der Waals surface area contributed by atoms with Crippen molar-refractivity contribution in [3.63, 3.8) is 0 Å². The van der Waals surface area contributed by atoms with Gasteiger partial charge in [-0.25, -0.2) is 0 Å². The number of hydrogen-bond acceptors (Lipinski definition) is 2. The Bertz CT molecular complexity index is 134. The fourth-order valence-corrected chi connectivity index (χ4v) is 1.91. The zero-order chi connectivity index (χ0) is 9.14. The molecule has 1 N–H and O–H groups in total. The smallest absolute Gasteiger partial charge is 0.00963 e. The molecule has 2 atom stereocenters. The molecule has 1 aliphatic heterocycles. The molecule has 0 saturated carbocycles. The number of rotatable bonds is 2. The van der Waals surface area contributed by atoms with Crippen molar-refractivity contribution in [1.82, 2.24) is 10.2 Å². The molecular formula is C10H22N2. The van der Waals surface area contributed by atoms with E-state index in [4.69, 9.17) is 0 Å². The zero-order valence-electron chi connectivity index (χ0n) is 8.80. The second-order valence-corrected chi connectivity index (χ2v) is 4.37. The van der Waals surface area contributed by atoms with Gasteiger partial charge in [0, 0.05) is 18.1 Å². The Morgan fingerprint density at radius 3 is 2.58 bits per heavy atom. The van der Waals surface area contributed by atoms with Crippen LogP contribution in [0.5, 0.6) is 0 Å². The Kier molecular flexibility index (Phi) is 3.53. The Morgan fingerprint density at radius 1 is 1.42 bits per heavy atom. The number of likely N-dealkylation sites (tertiary alicyclic amines) is 1. The van der Waals surface area contributed by atoms with Crippen LogP contribution in [0.2, 0.25) is 0 Å². The van der Waals surface area contributed by atoms with Crippen molar-refractivity contribution in [3.8, 4) is 0 Å². The van der Waals surface area contributed by atoms with E-state index >= 15 is 0 Å². The lowest BCUT2D eigenvalue weighted by Gasteiger charge is -2.36. The van der Waals surface area contributed by atoms with E-state index < -0.39 is 0 Å². The summed E-state index contributed by atoms with van der Waals surface area (Å²) < 4.78 is 0. The van der Waals surface area contributed by atoms with Gasteiger partial charge in [-0.3, -0.25) is 0 Å². The predicted octanol–water partition coefficient (Wildman–Crippen LogP) is 1.47. The van der Waals surface area contributed by atoms with Gasteiger partial charge in [0.25, 0.3) is 0 Å². The Morgan fingerprint density at radius 2 is 2.08 bits per heavy atom. The lowest BCUT2D eigenvalue weighted by atomic mass is 9.98. The fourth-order valence-electron chi connectivity index (χ4n) is 1.91. The van der Waals surface area contributed by atoms with Crippen LogP contribution in [0.15, 0.2) is 0 Å². The molecule has 1 fully saturated rings. The first kappa shape index (κ1) is 10.0. The maximum atomic E-state index is 3.61. The van der Waals surface area contributed by atoms with Crippen LogP contribution in [0.1, 0.15) is 33.6 Å². The summed E-state index contributed by atoms with van der Waals surface area (Å²) in [7, 11) is 2.22. The minimum atomic E-state index is 0.630. The van der Waals surface area contributed by atoms with Crippen molar-refractivity contribution in [2.75, 3.05) is 13.6 Å². The topological polar surface area (TPSA) is 15.3 Å². The number of nitrogens with one attached hydrogen (secondary N) is 1. The van der Waals surface area contributed by atoms with Crippen LogP contribution in [0.4, 0.5) is 0 Å². The molecule has 2 unspecified atom stereocenters. The van der Waals surface area contributed by atoms with Crippen molar-refractivity contribution < 1.29 is 0 Å². The van der Waals surface area contributed by atoms with Crippen molar-refractivity contribution >= 4 is 0 Å². The third kappa shape index (κ3) is 2.76. The highest BCUT2D eigenvalue weighted by Crippen LogP contribution is 2.15. The first-order valence-electron chi connectivity index (χ1n) is 5.06. The molecule has 2 nitrogen and oxygen atoms in total. The normalized spacial score (nSPS) is 32.8. The largest absolute Gasteiger partial charge is 0.312 e. The van der Waals surface area contributed by atoms with Crippen molar-refractivity contribution in [1.29, 1.82) is 0 Å². The molecule has 1 aliphatic rings. The molecule has 0 bridgehead atoms. The van der Waals surface area contributed by atoms with Gasteiger partial charge in [0.15, 0.2) is 0 Å². The van der Waals surface area contributed by atoms with Crippen LogP contribution in [0.3, 0.4) is 0 Å². The van der Waals surface area contributed by atoms with E-state index in [1.807, 2.05) is 0 Å². The zero-order valence-corrected chi connectivity index (χ0v) is 8.80. The van der Waals surface area contributed by atoms with Gasteiger partial charge in [-0.1, -0.05) is 13.8 Å². The molecule has 0 radical (unpaired) electrons. The molecule has 0 aliphatic carbocycles. The summed E-state index contributed by atoms with van der Waals surface area (Å²) in [6, 6.07) is 2.12. The minimum absolute atomic E-state index is 0.630. The van der Waals surface area contributed by atoms with Gasteiger partial charge in [0.1, 0.15) is 0 Å². The molecule has 12 heavy (non-hydrogen) atoms. The SMILES string of the molecule is CC(C)NC1CCN(C)C(C)C1. The van der Waals surface area contributed by atoms with E-state index in [1.54, 1.807) is 0 Å². The predicted molar refractivity (Wildman–Crippen MR) is 53.4 cm³/mol. The highest BCUT2D eigenvalue weighted by atomic mass is 15.1. The molecule has 72 valence electrons. The molecule has 0 aromatic carbocycles.